The largest absolute Gasteiger partial charge is 0.383 e. The summed E-state index contributed by atoms with van der Waals surface area (Å²) < 4.78 is 0. The lowest BCUT2D eigenvalue weighted by molar-refractivity contribution is 0.0737. The molecule has 4 nitrogen and oxygen atoms in total. The van der Waals surface area contributed by atoms with E-state index in [1.807, 2.05) is 14.0 Å². The van der Waals surface area contributed by atoms with Gasteiger partial charge < -0.3 is 10.2 Å². The average molecular weight is 249 g/mol. The van der Waals surface area contributed by atoms with E-state index in [9.17, 15) is 4.79 Å². The van der Waals surface area contributed by atoms with Gasteiger partial charge in [-0.1, -0.05) is 13.3 Å². The highest BCUT2D eigenvalue weighted by molar-refractivity contribution is 5.99. The molecule has 1 aromatic rings. The molecule has 1 rings (SSSR count). The fourth-order valence-electron chi connectivity index (χ4n) is 1.91. The number of carbonyl (C=O) groups is 1. The van der Waals surface area contributed by atoms with Crippen LogP contribution in [0.25, 0.3) is 0 Å². The molecule has 1 N–H and O–H groups in total. The molecule has 0 fully saturated rings. The summed E-state index contributed by atoms with van der Waals surface area (Å²) in [5.74, 6) is 0.0503. The van der Waals surface area contributed by atoms with Crippen molar-refractivity contribution >= 4 is 11.6 Å². The Bertz CT molecular complexity index is 392. The quantitative estimate of drug-likeness (QED) is 0.843. The Morgan fingerprint density at radius 1 is 1.50 bits per heavy atom. The fraction of sp³-hybridized carbons (Fsp3) is 0.571. The summed E-state index contributed by atoms with van der Waals surface area (Å²) in [6.45, 7) is 6.99. The van der Waals surface area contributed by atoms with Crippen LogP contribution in [0.4, 0.5) is 5.69 Å². The molecule has 0 spiro atoms. The maximum Gasteiger partial charge on any atom is 0.256 e. The van der Waals surface area contributed by atoms with Crippen molar-refractivity contribution in [2.45, 2.75) is 39.7 Å². The molecule has 0 radical (unpaired) electrons. The number of carbonyl (C=O) groups excluding carboxylic acids is 1. The highest BCUT2D eigenvalue weighted by Gasteiger charge is 2.19. The molecule has 1 heterocycles. The van der Waals surface area contributed by atoms with Gasteiger partial charge in [0.05, 0.1) is 17.4 Å². The molecule has 1 unspecified atom stereocenters. The molecule has 0 aliphatic carbocycles. The van der Waals surface area contributed by atoms with Gasteiger partial charge in [0.1, 0.15) is 0 Å². The van der Waals surface area contributed by atoms with Gasteiger partial charge in [-0.2, -0.15) is 0 Å². The van der Waals surface area contributed by atoms with Gasteiger partial charge in [0.25, 0.3) is 5.91 Å². The molecular formula is C14H23N3O. The van der Waals surface area contributed by atoms with Crippen molar-refractivity contribution < 1.29 is 4.79 Å². The van der Waals surface area contributed by atoms with Crippen molar-refractivity contribution in [3.63, 3.8) is 0 Å². The van der Waals surface area contributed by atoms with Crippen molar-refractivity contribution in [1.82, 2.24) is 9.88 Å². The molecule has 0 bridgehead atoms. The van der Waals surface area contributed by atoms with Gasteiger partial charge in [-0.3, -0.25) is 9.78 Å². The molecule has 18 heavy (non-hydrogen) atoms. The number of anilines is 1. The lowest BCUT2D eigenvalue weighted by Crippen LogP contribution is -2.35. The van der Waals surface area contributed by atoms with E-state index < -0.39 is 0 Å². The van der Waals surface area contributed by atoms with Crippen LogP contribution in [-0.2, 0) is 0 Å². The number of rotatable bonds is 6. The zero-order valence-corrected chi connectivity index (χ0v) is 11.7. The zero-order valence-electron chi connectivity index (χ0n) is 11.7. The normalized spacial score (nSPS) is 12.0. The molecule has 0 aliphatic rings. The van der Waals surface area contributed by atoms with E-state index in [1.165, 1.54) is 0 Å². The van der Waals surface area contributed by atoms with Crippen molar-refractivity contribution in [2.24, 2.45) is 0 Å². The van der Waals surface area contributed by atoms with Crippen LogP contribution in [0.3, 0.4) is 0 Å². The van der Waals surface area contributed by atoms with E-state index in [0.717, 1.165) is 25.1 Å². The van der Waals surface area contributed by atoms with Crippen molar-refractivity contribution in [1.29, 1.82) is 0 Å². The molecule has 1 amide bonds. The number of hydrogen-bond acceptors (Lipinski definition) is 3. The minimum Gasteiger partial charge on any atom is -0.383 e. The average Bonchev–Trinajstić information content (AvgIpc) is 2.38. The summed E-state index contributed by atoms with van der Waals surface area (Å²) >= 11 is 0. The molecule has 0 saturated carbocycles. The Labute approximate surface area is 109 Å². The van der Waals surface area contributed by atoms with Gasteiger partial charge in [-0.15, -0.1) is 0 Å². The molecule has 1 atom stereocenters. The summed E-state index contributed by atoms with van der Waals surface area (Å²) in [5, 5.41) is 3.17. The topological polar surface area (TPSA) is 45.2 Å². The predicted octanol–water partition coefficient (Wildman–Crippen LogP) is 2.77. The number of amides is 1. The Balaban J connectivity index is 2.89. The molecule has 100 valence electrons. The first-order valence-corrected chi connectivity index (χ1v) is 6.56. The van der Waals surface area contributed by atoms with Gasteiger partial charge in [-0.05, 0) is 26.3 Å². The van der Waals surface area contributed by atoms with Gasteiger partial charge in [0.15, 0.2) is 0 Å². The van der Waals surface area contributed by atoms with E-state index in [4.69, 9.17) is 0 Å². The van der Waals surface area contributed by atoms with Crippen LogP contribution < -0.4 is 5.32 Å². The third-order valence-corrected chi connectivity index (χ3v) is 3.11. The van der Waals surface area contributed by atoms with Crippen molar-refractivity contribution in [3.05, 3.63) is 24.0 Å². The van der Waals surface area contributed by atoms with Crippen LogP contribution in [0.1, 0.15) is 44.0 Å². The molecule has 1 aromatic heterocycles. The van der Waals surface area contributed by atoms with E-state index in [1.54, 1.807) is 23.4 Å². The lowest BCUT2D eigenvalue weighted by atomic mass is 10.1. The maximum atomic E-state index is 12.4. The van der Waals surface area contributed by atoms with Crippen LogP contribution in [0.15, 0.2) is 18.5 Å². The third-order valence-electron chi connectivity index (χ3n) is 3.11. The highest BCUT2D eigenvalue weighted by atomic mass is 16.2. The van der Waals surface area contributed by atoms with Gasteiger partial charge >= 0.3 is 0 Å². The summed E-state index contributed by atoms with van der Waals surface area (Å²) in [6, 6.07) is 2.03. The fourth-order valence-corrected chi connectivity index (χ4v) is 1.91. The summed E-state index contributed by atoms with van der Waals surface area (Å²) in [4.78, 5) is 18.3. The Morgan fingerprint density at radius 3 is 2.83 bits per heavy atom. The monoisotopic (exact) mass is 249 g/mol. The lowest BCUT2D eigenvalue weighted by Gasteiger charge is -2.25. The first-order valence-electron chi connectivity index (χ1n) is 6.56. The minimum atomic E-state index is 0.0503. The summed E-state index contributed by atoms with van der Waals surface area (Å²) in [6.07, 6.45) is 5.46. The second kappa shape index (κ2) is 6.99. The molecule has 4 heteroatoms. The van der Waals surface area contributed by atoms with Gasteiger partial charge in [-0.25, -0.2) is 0 Å². The maximum absolute atomic E-state index is 12.4. The molecule has 0 aliphatic heterocycles. The number of nitrogens with zero attached hydrogens (tertiary/aromatic N) is 2. The van der Waals surface area contributed by atoms with Crippen LogP contribution in [0, 0.1) is 0 Å². The molecular weight excluding hydrogens is 226 g/mol. The van der Waals surface area contributed by atoms with E-state index in [2.05, 4.69) is 24.1 Å². The van der Waals surface area contributed by atoms with Crippen LogP contribution in [-0.4, -0.2) is 35.4 Å². The van der Waals surface area contributed by atoms with E-state index >= 15 is 0 Å². The Kier molecular flexibility index (Phi) is 5.62. The third kappa shape index (κ3) is 3.45. The standard InChI is InChI=1S/C14H23N3O/c1-5-7-11(3)17(4)14(18)12-8-9-15-10-13(12)16-6-2/h8-11,16H,5-7H2,1-4H3. The van der Waals surface area contributed by atoms with Crippen LogP contribution in [0.2, 0.25) is 0 Å². The van der Waals surface area contributed by atoms with Crippen molar-refractivity contribution in [3.8, 4) is 0 Å². The van der Waals surface area contributed by atoms with Gasteiger partial charge in [0, 0.05) is 25.8 Å². The van der Waals surface area contributed by atoms with Gasteiger partial charge in [0.2, 0.25) is 0 Å². The molecule has 0 aromatic carbocycles. The SMILES string of the molecule is CCCC(C)N(C)C(=O)c1ccncc1NCC. The van der Waals surface area contributed by atoms with Crippen molar-refractivity contribution in [2.75, 3.05) is 18.9 Å². The zero-order chi connectivity index (χ0) is 13.5. The number of hydrogen-bond donors (Lipinski definition) is 1. The van der Waals surface area contributed by atoms with Crippen LogP contribution in [0.5, 0.6) is 0 Å². The second-order valence-corrected chi connectivity index (χ2v) is 4.51. The van der Waals surface area contributed by atoms with E-state index in [0.29, 0.717) is 5.56 Å². The number of nitrogens with one attached hydrogen (secondary N) is 1. The van der Waals surface area contributed by atoms with E-state index in [-0.39, 0.29) is 11.9 Å². The first kappa shape index (κ1) is 14.5. The summed E-state index contributed by atoms with van der Waals surface area (Å²) in [7, 11) is 1.86. The second-order valence-electron chi connectivity index (χ2n) is 4.51. The van der Waals surface area contributed by atoms with Crippen LogP contribution >= 0.6 is 0 Å². The first-order chi connectivity index (χ1) is 8.61. The number of aromatic nitrogens is 1. The minimum absolute atomic E-state index is 0.0503. The predicted molar refractivity (Wildman–Crippen MR) is 74.9 cm³/mol. The molecule has 0 saturated heterocycles. The highest BCUT2D eigenvalue weighted by Crippen LogP contribution is 2.17. The smallest absolute Gasteiger partial charge is 0.256 e. The Morgan fingerprint density at radius 2 is 2.22 bits per heavy atom. The number of pyridine rings is 1. The summed E-state index contributed by atoms with van der Waals surface area (Å²) in [5.41, 5.74) is 1.50. The Hall–Kier alpha value is -1.58.